The van der Waals surface area contributed by atoms with Crippen LogP contribution in [-0.4, -0.2) is 54.3 Å². The standard InChI is InChI=1S/C20H24N2O6/c1-13-5-7-18(14(2)9-13)28-12-16(23)11-21(3)20(24)15-6-8-19(27-4)17(10-15)22(25)26/h5-10,16,23H,11-12H2,1-4H3. The highest BCUT2D eigenvalue weighted by molar-refractivity contribution is 5.95. The van der Waals surface area contributed by atoms with E-state index < -0.39 is 16.9 Å². The Kier molecular flexibility index (Phi) is 6.94. The normalized spacial score (nSPS) is 11.6. The van der Waals surface area contributed by atoms with Crippen molar-refractivity contribution in [3.05, 3.63) is 63.2 Å². The molecule has 8 nitrogen and oxygen atoms in total. The molecule has 28 heavy (non-hydrogen) atoms. The van der Waals surface area contributed by atoms with Crippen molar-refractivity contribution in [2.75, 3.05) is 27.3 Å². The Morgan fingerprint density at radius 3 is 2.50 bits per heavy atom. The summed E-state index contributed by atoms with van der Waals surface area (Å²) >= 11 is 0. The maximum absolute atomic E-state index is 12.5. The second kappa shape index (κ2) is 9.18. The molecule has 1 unspecified atom stereocenters. The Hall–Kier alpha value is -3.13. The van der Waals surface area contributed by atoms with Crippen LogP contribution in [0.5, 0.6) is 11.5 Å². The zero-order valence-corrected chi connectivity index (χ0v) is 16.3. The van der Waals surface area contributed by atoms with Gasteiger partial charge >= 0.3 is 5.69 Å². The van der Waals surface area contributed by atoms with Crippen molar-refractivity contribution in [3.8, 4) is 11.5 Å². The van der Waals surface area contributed by atoms with Crippen molar-refractivity contribution in [1.29, 1.82) is 0 Å². The predicted molar refractivity (Wildman–Crippen MR) is 104 cm³/mol. The van der Waals surface area contributed by atoms with E-state index >= 15 is 0 Å². The molecule has 150 valence electrons. The Bertz CT molecular complexity index is 868. The fraction of sp³-hybridized carbons (Fsp3) is 0.350. The molecule has 0 aliphatic heterocycles. The monoisotopic (exact) mass is 388 g/mol. The van der Waals surface area contributed by atoms with E-state index in [0.717, 1.165) is 17.2 Å². The number of hydrogen-bond donors (Lipinski definition) is 1. The van der Waals surface area contributed by atoms with Gasteiger partial charge < -0.3 is 19.5 Å². The lowest BCUT2D eigenvalue weighted by molar-refractivity contribution is -0.385. The molecule has 0 aliphatic rings. The van der Waals surface area contributed by atoms with Gasteiger partial charge in [-0.15, -0.1) is 0 Å². The number of nitro groups is 1. The SMILES string of the molecule is COc1ccc(C(=O)N(C)CC(O)COc2ccc(C)cc2C)cc1[N+](=O)[O-]. The van der Waals surface area contributed by atoms with Gasteiger partial charge in [0.1, 0.15) is 18.5 Å². The lowest BCUT2D eigenvalue weighted by Gasteiger charge is -2.21. The molecule has 2 rings (SSSR count). The van der Waals surface area contributed by atoms with Crippen LogP contribution in [0.3, 0.4) is 0 Å². The number of ether oxygens (including phenoxy) is 2. The average Bonchev–Trinajstić information content (AvgIpc) is 2.66. The topological polar surface area (TPSA) is 102 Å². The van der Waals surface area contributed by atoms with Gasteiger partial charge in [-0.2, -0.15) is 0 Å². The van der Waals surface area contributed by atoms with Gasteiger partial charge in [-0.3, -0.25) is 14.9 Å². The summed E-state index contributed by atoms with van der Waals surface area (Å²) < 4.78 is 10.6. The molecule has 1 atom stereocenters. The van der Waals surface area contributed by atoms with Gasteiger partial charge in [0.25, 0.3) is 5.91 Å². The highest BCUT2D eigenvalue weighted by atomic mass is 16.6. The number of carbonyl (C=O) groups excluding carboxylic acids is 1. The molecule has 1 N–H and O–H groups in total. The highest BCUT2D eigenvalue weighted by Gasteiger charge is 2.21. The second-order valence-corrected chi connectivity index (χ2v) is 6.56. The van der Waals surface area contributed by atoms with Gasteiger partial charge in [-0.25, -0.2) is 0 Å². The number of aryl methyl sites for hydroxylation is 2. The van der Waals surface area contributed by atoms with E-state index in [2.05, 4.69) is 0 Å². The van der Waals surface area contributed by atoms with Crippen molar-refractivity contribution in [1.82, 2.24) is 4.90 Å². The number of benzene rings is 2. The molecular formula is C20H24N2O6. The number of nitrogens with zero attached hydrogens (tertiary/aromatic N) is 2. The van der Waals surface area contributed by atoms with Crippen molar-refractivity contribution in [2.45, 2.75) is 20.0 Å². The maximum Gasteiger partial charge on any atom is 0.311 e. The van der Waals surface area contributed by atoms with Crippen molar-refractivity contribution in [2.24, 2.45) is 0 Å². The first-order valence-corrected chi connectivity index (χ1v) is 8.69. The molecule has 0 saturated carbocycles. The fourth-order valence-corrected chi connectivity index (χ4v) is 2.79. The lowest BCUT2D eigenvalue weighted by atomic mass is 10.1. The van der Waals surface area contributed by atoms with Gasteiger partial charge in [0.15, 0.2) is 5.75 Å². The van der Waals surface area contributed by atoms with E-state index in [4.69, 9.17) is 9.47 Å². The van der Waals surface area contributed by atoms with Gasteiger partial charge in [-0.1, -0.05) is 17.7 Å². The molecular weight excluding hydrogens is 364 g/mol. The number of amides is 1. The Morgan fingerprint density at radius 2 is 1.89 bits per heavy atom. The van der Waals surface area contributed by atoms with Crippen molar-refractivity contribution < 1.29 is 24.3 Å². The summed E-state index contributed by atoms with van der Waals surface area (Å²) in [5.41, 5.74) is 1.92. The predicted octanol–water partition coefficient (Wildman–Crippen LogP) is 2.73. The van der Waals surface area contributed by atoms with Gasteiger partial charge in [0.05, 0.1) is 12.0 Å². The number of nitro benzene ring substituents is 1. The van der Waals surface area contributed by atoms with E-state index in [0.29, 0.717) is 5.75 Å². The summed E-state index contributed by atoms with van der Waals surface area (Å²) in [6, 6.07) is 9.72. The molecule has 2 aromatic rings. The average molecular weight is 388 g/mol. The Morgan fingerprint density at radius 1 is 1.21 bits per heavy atom. The van der Waals surface area contributed by atoms with E-state index in [9.17, 15) is 20.0 Å². The molecule has 0 aliphatic carbocycles. The van der Waals surface area contributed by atoms with Gasteiger partial charge in [0, 0.05) is 25.2 Å². The zero-order valence-electron chi connectivity index (χ0n) is 16.3. The zero-order chi connectivity index (χ0) is 20.8. The third kappa shape index (κ3) is 5.20. The maximum atomic E-state index is 12.5. The van der Waals surface area contributed by atoms with Crippen LogP contribution in [0.15, 0.2) is 36.4 Å². The number of likely N-dealkylation sites (N-methyl/N-ethyl adjacent to an activating group) is 1. The molecule has 0 saturated heterocycles. The van der Waals surface area contributed by atoms with Gasteiger partial charge in [-0.05, 0) is 37.6 Å². The fourth-order valence-electron chi connectivity index (χ4n) is 2.79. The molecule has 0 heterocycles. The number of aliphatic hydroxyl groups is 1. The number of carbonyl (C=O) groups is 1. The number of rotatable bonds is 8. The van der Waals surface area contributed by atoms with Crippen LogP contribution >= 0.6 is 0 Å². The van der Waals surface area contributed by atoms with Crippen LogP contribution in [0, 0.1) is 24.0 Å². The summed E-state index contributed by atoms with van der Waals surface area (Å²) in [6.45, 7) is 3.94. The molecule has 0 fully saturated rings. The number of methoxy groups -OCH3 is 1. The minimum absolute atomic E-state index is 0.0174. The third-order valence-electron chi connectivity index (χ3n) is 4.22. The Labute approximate surface area is 163 Å². The van der Waals surface area contributed by atoms with Crippen LogP contribution in [0.2, 0.25) is 0 Å². The van der Waals surface area contributed by atoms with Crippen LogP contribution < -0.4 is 9.47 Å². The summed E-state index contributed by atoms with van der Waals surface area (Å²) in [5, 5.41) is 21.3. The first-order valence-electron chi connectivity index (χ1n) is 8.69. The quantitative estimate of drug-likeness (QED) is 0.551. The van der Waals surface area contributed by atoms with E-state index in [1.807, 2.05) is 32.0 Å². The number of hydrogen-bond acceptors (Lipinski definition) is 6. The summed E-state index contributed by atoms with van der Waals surface area (Å²) in [5.74, 6) is 0.298. The highest BCUT2D eigenvalue weighted by Crippen LogP contribution is 2.28. The molecule has 8 heteroatoms. The van der Waals surface area contributed by atoms with E-state index in [-0.39, 0.29) is 30.2 Å². The van der Waals surface area contributed by atoms with Crippen LogP contribution in [0.25, 0.3) is 0 Å². The largest absolute Gasteiger partial charge is 0.491 e. The van der Waals surface area contributed by atoms with Crippen molar-refractivity contribution in [3.63, 3.8) is 0 Å². The van der Waals surface area contributed by atoms with Crippen molar-refractivity contribution >= 4 is 11.6 Å². The second-order valence-electron chi connectivity index (χ2n) is 6.56. The molecule has 1 amide bonds. The van der Waals surface area contributed by atoms with E-state index in [1.165, 1.54) is 31.2 Å². The summed E-state index contributed by atoms with van der Waals surface area (Å²) in [7, 11) is 2.83. The first-order chi connectivity index (χ1) is 13.2. The van der Waals surface area contributed by atoms with E-state index in [1.54, 1.807) is 0 Å². The Balaban J connectivity index is 1.99. The molecule has 0 aromatic heterocycles. The first kappa shape index (κ1) is 21.2. The van der Waals surface area contributed by atoms with Gasteiger partial charge in [0.2, 0.25) is 0 Å². The summed E-state index contributed by atoms with van der Waals surface area (Å²) in [4.78, 5) is 24.3. The summed E-state index contributed by atoms with van der Waals surface area (Å²) in [6.07, 6.45) is -0.914. The molecule has 0 radical (unpaired) electrons. The third-order valence-corrected chi connectivity index (χ3v) is 4.22. The molecule has 0 spiro atoms. The van der Waals surface area contributed by atoms with Crippen LogP contribution in [-0.2, 0) is 0 Å². The van der Waals surface area contributed by atoms with Crippen LogP contribution in [0.1, 0.15) is 21.5 Å². The van der Waals surface area contributed by atoms with Crippen LogP contribution in [0.4, 0.5) is 5.69 Å². The molecule has 2 aromatic carbocycles. The number of aliphatic hydroxyl groups excluding tert-OH is 1. The minimum atomic E-state index is -0.914. The minimum Gasteiger partial charge on any atom is -0.491 e. The lowest BCUT2D eigenvalue weighted by Crippen LogP contribution is -2.37. The smallest absolute Gasteiger partial charge is 0.311 e. The molecule has 0 bridgehead atoms.